The van der Waals surface area contributed by atoms with Gasteiger partial charge in [-0.25, -0.2) is 0 Å². The van der Waals surface area contributed by atoms with Crippen molar-refractivity contribution in [1.29, 1.82) is 0 Å². The minimum atomic E-state index is 0.558. The number of pyridine rings is 1. The van der Waals surface area contributed by atoms with Gasteiger partial charge in [0.25, 0.3) is 0 Å². The fourth-order valence-corrected chi connectivity index (χ4v) is 4.22. The topological polar surface area (TPSA) is 38.9 Å². The van der Waals surface area contributed by atoms with Gasteiger partial charge in [-0.2, -0.15) is 0 Å². The lowest BCUT2D eigenvalue weighted by atomic mass is 9.84. The second-order valence-electron chi connectivity index (χ2n) is 6.76. The summed E-state index contributed by atoms with van der Waals surface area (Å²) in [6, 6.07) is 4.40. The van der Waals surface area contributed by atoms with E-state index in [1.54, 1.807) is 0 Å². The Labute approximate surface area is 115 Å². The van der Waals surface area contributed by atoms with Gasteiger partial charge in [-0.1, -0.05) is 12.5 Å². The molecule has 0 amide bonds. The van der Waals surface area contributed by atoms with Crippen LogP contribution in [-0.2, 0) is 6.54 Å². The van der Waals surface area contributed by atoms with Crippen molar-refractivity contribution in [1.82, 2.24) is 4.98 Å². The molecule has 2 nitrogen and oxygen atoms in total. The molecule has 1 radical (unpaired) electrons. The summed E-state index contributed by atoms with van der Waals surface area (Å²) in [4.78, 5) is 4.82. The molecule has 2 N–H and O–H groups in total. The first kappa shape index (κ1) is 11.9. The third-order valence-corrected chi connectivity index (χ3v) is 5.41. The van der Waals surface area contributed by atoms with Crippen LogP contribution in [0.25, 0.3) is 0 Å². The first-order chi connectivity index (χ1) is 9.33. The summed E-state index contributed by atoms with van der Waals surface area (Å²) in [6.45, 7) is 0.558. The maximum absolute atomic E-state index is 5.75. The maximum atomic E-state index is 5.75. The van der Waals surface area contributed by atoms with Crippen LogP contribution >= 0.6 is 0 Å². The van der Waals surface area contributed by atoms with Gasteiger partial charge < -0.3 is 5.73 Å². The number of aromatic nitrogens is 1. The second kappa shape index (κ2) is 4.59. The van der Waals surface area contributed by atoms with Crippen molar-refractivity contribution < 1.29 is 0 Å². The number of nitrogens with zero attached hydrogens (tertiary/aromatic N) is 1. The maximum Gasteiger partial charge on any atom is 0.0543 e. The Morgan fingerprint density at radius 3 is 2.68 bits per heavy atom. The monoisotopic (exact) mass is 255 g/mol. The van der Waals surface area contributed by atoms with E-state index in [9.17, 15) is 0 Å². The minimum Gasteiger partial charge on any atom is -0.325 e. The summed E-state index contributed by atoms with van der Waals surface area (Å²) in [7, 11) is 0. The molecular weight excluding hydrogens is 232 g/mol. The molecule has 0 saturated heterocycles. The first-order valence-corrected chi connectivity index (χ1v) is 7.88. The molecule has 3 fully saturated rings. The molecule has 4 rings (SSSR count). The van der Waals surface area contributed by atoms with Crippen LogP contribution in [0.4, 0.5) is 0 Å². The molecule has 2 heteroatoms. The van der Waals surface area contributed by atoms with E-state index in [0.717, 1.165) is 29.4 Å². The molecule has 0 aliphatic heterocycles. The summed E-state index contributed by atoms with van der Waals surface area (Å²) in [5.74, 6) is 3.52. The molecule has 3 saturated carbocycles. The molecule has 1 unspecified atom stereocenters. The van der Waals surface area contributed by atoms with Crippen molar-refractivity contribution in [2.24, 2.45) is 23.5 Å². The lowest BCUT2D eigenvalue weighted by Gasteiger charge is -2.22. The van der Waals surface area contributed by atoms with Crippen molar-refractivity contribution in [2.75, 3.05) is 0 Å². The smallest absolute Gasteiger partial charge is 0.0543 e. The first-order valence-electron chi connectivity index (χ1n) is 7.88. The number of hydrogen-bond donors (Lipinski definition) is 1. The molecule has 0 aromatic carbocycles. The zero-order valence-corrected chi connectivity index (χ0v) is 11.5. The normalized spacial score (nSPS) is 33.0. The summed E-state index contributed by atoms with van der Waals surface area (Å²) in [5.41, 5.74) is 9.55. The zero-order valence-electron chi connectivity index (χ0n) is 11.5. The van der Waals surface area contributed by atoms with Gasteiger partial charge in [-0.3, -0.25) is 4.98 Å². The van der Waals surface area contributed by atoms with Crippen molar-refractivity contribution in [3.05, 3.63) is 35.5 Å². The molecule has 3 aliphatic rings. The van der Waals surface area contributed by atoms with Gasteiger partial charge >= 0.3 is 0 Å². The molecule has 101 valence electrons. The van der Waals surface area contributed by atoms with Crippen molar-refractivity contribution >= 4 is 0 Å². The molecule has 19 heavy (non-hydrogen) atoms. The van der Waals surface area contributed by atoms with Gasteiger partial charge in [0, 0.05) is 18.7 Å². The lowest BCUT2D eigenvalue weighted by molar-refractivity contribution is 0.376. The largest absolute Gasteiger partial charge is 0.325 e. The van der Waals surface area contributed by atoms with Gasteiger partial charge in [-0.05, 0) is 67.4 Å². The molecule has 2 bridgehead atoms. The predicted molar refractivity (Wildman–Crippen MR) is 76.4 cm³/mol. The third kappa shape index (κ3) is 2.20. The zero-order chi connectivity index (χ0) is 12.8. The summed E-state index contributed by atoms with van der Waals surface area (Å²) in [5, 5.41) is 0. The Kier molecular flexibility index (Phi) is 2.87. The van der Waals surface area contributed by atoms with Crippen LogP contribution in [0.15, 0.2) is 12.1 Å². The van der Waals surface area contributed by atoms with E-state index in [1.807, 2.05) is 0 Å². The lowest BCUT2D eigenvalue weighted by Crippen LogP contribution is -2.14. The Hall–Kier alpha value is -0.890. The van der Waals surface area contributed by atoms with Crippen LogP contribution in [-0.4, -0.2) is 4.98 Å². The van der Waals surface area contributed by atoms with E-state index in [2.05, 4.69) is 18.6 Å². The fraction of sp³-hybridized carbons (Fsp3) is 0.647. The molecular formula is C17H23N2. The van der Waals surface area contributed by atoms with Gasteiger partial charge in [0.15, 0.2) is 0 Å². The molecule has 0 spiro atoms. The van der Waals surface area contributed by atoms with E-state index in [4.69, 9.17) is 10.7 Å². The Bertz CT molecular complexity index is 478. The highest BCUT2D eigenvalue weighted by molar-refractivity contribution is 5.35. The molecule has 3 aliphatic carbocycles. The van der Waals surface area contributed by atoms with E-state index < -0.39 is 0 Å². The average molecular weight is 255 g/mol. The highest BCUT2D eigenvalue weighted by atomic mass is 14.8. The van der Waals surface area contributed by atoms with E-state index in [1.165, 1.54) is 49.8 Å². The van der Waals surface area contributed by atoms with Crippen LogP contribution < -0.4 is 5.73 Å². The van der Waals surface area contributed by atoms with E-state index >= 15 is 0 Å². The molecule has 1 aromatic heterocycles. The van der Waals surface area contributed by atoms with E-state index in [-0.39, 0.29) is 0 Å². The van der Waals surface area contributed by atoms with Crippen LogP contribution in [0.5, 0.6) is 0 Å². The summed E-state index contributed by atoms with van der Waals surface area (Å²) < 4.78 is 0. The molecule has 3 atom stereocenters. The van der Waals surface area contributed by atoms with Crippen LogP contribution in [0.3, 0.4) is 0 Å². The van der Waals surface area contributed by atoms with Crippen molar-refractivity contribution in [3.63, 3.8) is 0 Å². The Morgan fingerprint density at radius 2 is 2.05 bits per heavy atom. The van der Waals surface area contributed by atoms with Crippen molar-refractivity contribution in [3.8, 4) is 0 Å². The van der Waals surface area contributed by atoms with Gasteiger partial charge in [0.1, 0.15) is 0 Å². The standard InChI is InChI=1S/C17H23N2/c18-10-15-5-6-16(12-3-4-12)17(19-15)9-14-8-11-1-2-13(14)7-11/h5-6,9,11-14H,1-4,7-8,10,18H2/t11-,13-,14?/m1/s1. The van der Waals surface area contributed by atoms with Gasteiger partial charge in [0.05, 0.1) is 5.69 Å². The average Bonchev–Trinajstić information content (AvgIpc) is 3.07. The number of nitrogens with two attached hydrogens (primary N) is 1. The quantitative estimate of drug-likeness (QED) is 0.895. The van der Waals surface area contributed by atoms with Crippen LogP contribution in [0.2, 0.25) is 0 Å². The molecule has 1 heterocycles. The predicted octanol–water partition coefficient (Wildman–Crippen LogP) is 3.41. The number of rotatable bonds is 4. The summed E-state index contributed by atoms with van der Waals surface area (Å²) in [6.07, 6.45) is 11.0. The van der Waals surface area contributed by atoms with Gasteiger partial charge in [-0.15, -0.1) is 0 Å². The fourth-order valence-electron chi connectivity index (χ4n) is 4.22. The Morgan fingerprint density at radius 1 is 1.16 bits per heavy atom. The third-order valence-electron chi connectivity index (χ3n) is 5.41. The Balaban J connectivity index is 1.58. The molecule has 1 aromatic rings. The number of fused-ring (bicyclic) bond motifs is 2. The van der Waals surface area contributed by atoms with Gasteiger partial charge in [0.2, 0.25) is 0 Å². The summed E-state index contributed by atoms with van der Waals surface area (Å²) >= 11 is 0. The highest BCUT2D eigenvalue weighted by Crippen LogP contribution is 2.51. The SMILES string of the molecule is NCc1ccc(C2CC2)c([CH]C2C[C@@H]3CC[C@@H]2C3)n1. The minimum absolute atomic E-state index is 0.558. The van der Waals surface area contributed by atoms with Crippen LogP contribution in [0.1, 0.15) is 61.4 Å². The number of hydrogen-bond acceptors (Lipinski definition) is 2. The highest BCUT2D eigenvalue weighted by Gasteiger charge is 2.40. The van der Waals surface area contributed by atoms with E-state index in [0.29, 0.717) is 6.54 Å². The van der Waals surface area contributed by atoms with Crippen LogP contribution in [0, 0.1) is 24.2 Å². The second-order valence-corrected chi connectivity index (χ2v) is 6.76. The van der Waals surface area contributed by atoms with Crippen molar-refractivity contribution in [2.45, 2.75) is 51.0 Å².